The highest BCUT2D eigenvalue weighted by atomic mass is 16.7. The highest BCUT2D eigenvalue weighted by molar-refractivity contribution is 5.85. The first-order valence-electron chi connectivity index (χ1n) is 13.5. The number of rotatable bonds is 5. The van der Waals surface area contributed by atoms with Crippen LogP contribution in [0.3, 0.4) is 0 Å². The highest BCUT2D eigenvalue weighted by Gasteiger charge is 2.35. The van der Waals surface area contributed by atoms with Gasteiger partial charge in [0.1, 0.15) is 6.04 Å². The monoisotopic (exact) mass is 529 g/mol. The van der Waals surface area contributed by atoms with E-state index in [2.05, 4.69) is 76.2 Å². The van der Waals surface area contributed by atoms with Gasteiger partial charge in [0, 0.05) is 43.7 Å². The summed E-state index contributed by atoms with van der Waals surface area (Å²) in [6, 6.07) is 12.0. The molecular formula is C29H35N7O3. The summed E-state index contributed by atoms with van der Waals surface area (Å²) in [7, 11) is 0. The molecule has 10 nitrogen and oxygen atoms in total. The lowest BCUT2D eigenvalue weighted by atomic mass is 9.98. The van der Waals surface area contributed by atoms with Crippen molar-refractivity contribution in [1.82, 2.24) is 35.0 Å². The first kappa shape index (κ1) is 25.5. The van der Waals surface area contributed by atoms with E-state index in [4.69, 9.17) is 9.47 Å². The largest absolute Gasteiger partial charge is 0.454 e. The van der Waals surface area contributed by atoms with Gasteiger partial charge >= 0.3 is 0 Å². The van der Waals surface area contributed by atoms with Gasteiger partial charge in [-0.05, 0) is 79.9 Å². The van der Waals surface area contributed by atoms with Crippen LogP contribution in [0.5, 0.6) is 11.5 Å². The Morgan fingerprint density at radius 1 is 0.974 bits per heavy atom. The molecule has 4 aromatic rings. The molecule has 1 saturated heterocycles. The molecule has 0 aliphatic carbocycles. The molecule has 2 aromatic heterocycles. The van der Waals surface area contributed by atoms with Crippen molar-refractivity contribution in [2.24, 2.45) is 0 Å². The molecule has 1 N–H and O–H groups in total. The Morgan fingerprint density at radius 3 is 2.49 bits per heavy atom. The Labute approximate surface area is 227 Å². The highest BCUT2D eigenvalue weighted by Crippen LogP contribution is 2.34. The summed E-state index contributed by atoms with van der Waals surface area (Å²) in [5.41, 5.74) is 4.47. The third-order valence-electron chi connectivity index (χ3n) is 7.76. The van der Waals surface area contributed by atoms with Gasteiger partial charge in [0.25, 0.3) is 5.56 Å². The van der Waals surface area contributed by atoms with E-state index in [1.54, 1.807) is 0 Å². The van der Waals surface area contributed by atoms with E-state index in [1.165, 1.54) is 5.56 Å². The van der Waals surface area contributed by atoms with Crippen LogP contribution in [0.4, 0.5) is 0 Å². The van der Waals surface area contributed by atoms with E-state index in [-0.39, 0.29) is 23.9 Å². The molecule has 2 aromatic carbocycles. The second-order valence-electron chi connectivity index (χ2n) is 11.6. The zero-order chi connectivity index (χ0) is 27.3. The van der Waals surface area contributed by atoms with Crippen LogP contribution in [0.25, 0.3) is 10.9 Å². The van der Waals surface area contributed by atoms with E-state index in [0.717, 1.165) is 66.3 Å². The van der Waals surface area contributed by atoms with Crippen LogP contribution < -0.4 is 15.0 Å². The van der Waals surface area contributed by atoms with Gasteiger partial charge < -0.3 is 14.5 Å². The molecule has 6 rings (SSSR count). The minimum atomic E-state index is -0.375. The van der Waals surface area contributed by atoms with Gasteiger partial charge in [0.2, 0.25) is 6.79 Å². The molecule has 39 heavy (non-hydrogen) atoms. The van der Waals surface area contributed by atoms with Gasteiger partial charge in [-0.15, -0.1) is 5.10 Å². The second kappa shape index (κ2) is 9.77. The van der Waals surface area contributed by atoms with Gasteiger partial charge in [-0.1, -0.05) is 18.2 Å². The van der Waals surface area contributed by atoms with E-state index >= 15 is 0 Å². The fourth-order valence-electron chi connectivity index (χ4n) is 5.61. The molecule has 0 amide bonds. The Morgan fingerprint density at radius 2 is 1.72 bits per heavy atom. The summed E-state index contributed by atoms with van der Waals surface area (Å²) in [6.45, 7) is 14.7. The van der Waals surface area contributed by atoms with Crippen LogP contribution in [0, 0.1) is 13.8 Å². The standard InChI is InChI=1S/C29H35N7O3/c1-18-6-7-19(2)25-21(18)15-22(28(37)30-25)26(27-31-32-33-36(27)29(3,4)5)35-12-10-34(11-13-35)16-20-8-9-23-24(14-20)39-17-38-23/h6-9,14-15,26H,10-13,16-17H2,1-5H3,(H,30,37). The number of aromatic amines is 1. The second-order valence-corrected chi connectivity index (χ2v) is 11.6. The number of piperazine rings is 1. The first-order valence-corrected chi connectivity index (χ1v) is 13.5. The number of tetrazole rings is 1. The van der Waals surface area contributed by atoms with E-state index in [9.17, 15) is 4.79 Å². The molecule has 2 aliphatic rings. The lowest BCUT2D eigenvalue weighted by Gasteiger charge is -2.39. The van der Waals surface area contributed by atoms with Crippen molar-refractivity contribution < 1.29 is 9.47 Å². The van der Waals surface area contributed by atoms with Gasteiger partial charge in [0.15, 0.2) is 17.3 Å². The molecule has 0 spiro atoms. The maximum atomic E-state index is 13.6. The van der Waals surface area contributed by atoms with Crippen molar-refractivity contribution in [3.63, 3.8) is 0 Å². The number of nitrogens with zero attached hydrogens (tertiary/aromatic N) is 6. The minimum absolute atomic E-state index is 0.104. The quantitative estimate of drug-likeness (QED) is 0.419. The molecule has 2 aliphatic heterocycles. The first-order chi connectivity index (χ1) is 18.7. The number of H-pyrrole nitrogens is 1. The Bertz CT molecular complexity index is 1580. The molecule has 0 bridgehead atoms. The van der Waals surface area contributed by atoms with Crippen LogP contribution in [0.1, 0.15) is 54.9 Å². The maximum Gasteiger partial charge on any atom is 0.253 e. The zero-order valence-corrected chi connectivity index (χ0v) is 23.2. The average Bonchev–Trinajstić information content (AvgIpc) is 3.58. The molecule has 4 heterocycles. The molecule has 1 fully saturated rings. The number of ether oxygens (including phenoxy) is 2. The number of fused-ring (bicyclic) bond motifs is 2. The number of benzene rings is 2. The lowest BCUT2D eigenvalue weighted by Crippen LogP contribution is -2.49. The van der Waals surface area contributed by atoms with Gasteiger partial charge in [0.05, 0.1) is 11.1 Å². The SMILES string of the molecule is Cc1ccc(C)c2[nH]c(=O)c(C(c3nnnn3C(C)(C)C)N3CCN(Cc4ccc5c(c4)OCO5)CC3)cc12. The lowest BCUT2D eigenvalue weighted by molar-refractivity contribution is 0.0975. The number of pyridine rings is 1. The average molecular weight is 530 g/mol. The number of aromatic nitrogens is 5. The number of hydrogen-bond acceptors (Lipinski definition) is 8. The maximum absolute atomic E-state index is 13.6. The summed E-state index contributed by atoms with van der Waals surface area (Å²) in [5.74, 6) is 2.29. The normalized spacial score (nSPS) is 17.2. The summed E-state index contributed by atoms with van der Waals surface area (Å²) < 4.78 is 12.9. The summed E-state index contributed by atoms with van der Waals surface area (Å²) in [4.78, 5) is 21.6. The predicted molar refractivity (Wildman–Crippen MR) is 148 cm³/mol. The van der Waals surface area contributed by atoms with E-state index in [0.29, 0.717) is 11.4 Å². The summed E-state index contributed by atoms with van der Waals surface area (Å²) >= 11 is 0. The molecule has 1 unspecified atom stereocenters. The third kappa shape index (κ3) is 4.79. The topological polar surface area (TPSA) is 101 Å². The smallest absolute Gasteiger partial charge is 0.253 e. The number of aryl methyl sites for hydroxylation is 2. The Hall–Kier alpha value is -3.76. The van der Waals surface area contributed by atoms with Crippen molar-refractivity contribution >= 4 is 10.9 Å². The predicted octanol–water partition coefficient (Wildman–Crippen LogP) is 3.52. The van der Waals surface area contributed by atoms with Crippen LogP contribution in [0.15, 0.2) is 41.2 Å². The van der Waals surface area contributed by atoms with Crippen molar-refractivity contribution in [2.45, 2.75) is 52.7 Å². The van der Waals surface area contributed by atoms with Crippen LogP contribution in [-0.4, -0.2) is 68.0 Å². The Balaban J connectivity index is 1.33. The molecule has 0 radical (unpaired) electrons. The summed E-state index contributed by atoms with van der Waals surface area (Å²) in [5, 5.41) is 13.9. The van der Waals surface area contributed by atoms with Gasteiger partial charge in [-0.2, -0.15) is 0 Å². The van der Waals surface area contributed by atoms with E-state index < -0.39 is 0 Å². The number of nitrogens with one attached hydrogen (secondary N) is 1. The van der Waals surface area contributed by atoms with Crippen molar-refractivity contribution in [3.05, 3.63) is 74.8 Å². The number of hydrogen-bond donors (Lipinski definition) is 1. The van der Waals surface area contributed by atoms with Gasteiger partial charge in [-0.3, -0.25) is 14.6 Å². The van der Waals surface area contributed by atoms with Crippen LogP contribution >= 0.6 is 0 Å². The van der Waals surface area contributed by atoms with Crippen molar-refractivity contribution in [1.29, 1.82) is 0 Å². The minimum Gasteiger partial charge on any atom is -0.454 e. The van der Waals surface area contributed by atoms with Gasteiger partial charge in [-0.25, -0.2) is 4.68 Å². The molecule has 204 valence electrons. The Kier molecular flexibility index (Phi) is 6.39. The van der Waals surface area contributed by atoms with Crippen LogP contribution in [0.2, 0.25) is 0 Å². The molecule has 0 saturated carbocycles. The zero-order valence-electron chi connectivity index (χ0n) is 23.2. The van der Waals surface area contributed by atoms with Crippen LogP contribution in [-0.2, 0) is 12.1 Å². The molecular weight excluding hydrogens is 494 g/mol. The van der Waals surface area contributed by atoms with E-state index in [1.807, 2.05) is 29.8 Å². The van der Waals surface area contributed by atoms with Crippen molar-refractivity contribution in [3.8, 4) is 11.5 Å². The van der Waals surface area contributed by atoms with Crippen molar-refractivity contribution in [2.75, 3.05) is 33.0 Å². The molecule has 10 heteroatoms. The summed E-state index contributed by atoms with van der Waals surface area (Å²) in [6.07, 6.45) is 0. The molecule has 1 atom stereocenters. The fraction of sp³-hybridized carbons (Fsp3) is 0.448. The fourth-order valence-corrected chi connectivity index (χ4v) is 5.61. The third-order valence-corrected chi connectivity index (χ3v) is 7.76.